The van der Waals surface area contributed by atoms with Crippen LogP contribution in [0.2, 0.25) is 0 Å². The highest BCUT2D eigenvalue weighted by Gasteiger charge is 2.29. The summed E-state index contributed by atoms with van der Waals surface area (Å²) in [5, 5.41) is 0. The molecule has 1 saturated heterocycles. The normalized spacial score (nSPS) is 16.7. The van der Waals surface area contributed by atoms with Crippen LogP contribution in [-0.4, -0.2) is 57.5 Å². The van der Waals surface area contributed by atoms with Gasteiger partial charge in [-0.15, -0.1) is 11.3 Å². The lowest BCUT2D eigenvalue weighted by atomic mass is 10.1. The fraction of sp³-hybridized carbons (Fsp3) is 0.474. The molecule has 0 spiro atoms. The van der Waals surface area contributed by atoms with Crippen LogP contribution in [0.15, 0.2) is 40.6 Å². The van der Waals surface area contributed by atoms with Crippen molar-refractivity contribution in [1.82, 2.24) is 9.21 Å². The first-order chi connectivity index (χ1) is 12.5. The monoisotopic (exact) mass is 394 g/mol. The van der Waals surface area contributed by atoms with E-state index in [0.29, 0.717) is 17.3 Å². The lowest BCUT2D eigenvalue weighted by molar-refractivity contribution is 0.187. The van der Waals surface area contributed by atoms with Gasteiger partial charge in [0.2, 0.25) is 0 Å². The number of benzene rings is 1. The maximum atomic E-state index is 12.7. The highest BCUT2D eigenvalue weighted by atomic mass is 32.2. The number of para-hydroxylation sites is 1. The first-order valence-electron chi connectivity index (χ1n) is 8.91. The molecule has 2 aromatic rings. The fourth-order valence-electron chi connectivity index (χ4n) is 3.27. The van der Waals surface area contributed by atoms with E-state index < -0.39 is 10.0 Å². The molecule has 1 aromatic carbocycles. The second kappa shape index (κ2) is 8.52. The zero-order valence-electron chi connectivity index (χ0n) is 15.3. The summed E-state index contributed by atoms with van der Waals surface area (Å²) in [6.07, 6.45) is 2.01. The maximum Gasteiger partial charge on any atom is 0.252 e. The molecule has 1 aliphatic rings. The van der Waals surface area contributed by atoms with Crippen LogP contribution in [0.25, 0.3) is 0 Å². The van der Waals surface area contributed by atoms with Gasteiger partial charge in [-0.1, -0.05) is 18.2 Å². The Kier molecular flexibility index (Phi) is 6.34. The molecule has 142 valence electrons. The third-order valence-electron chi connectivity index (χ3n) is 4.75. The topological polar surface area (TPSA) is 49.9 Å². The molecule has 0 amide bonds. The second-order valence-corrected chi connectivity index (χ2v) is 9.98. The fourth-order valence-corrected chi connectivity index (χ4v) is 6.13. The molecule has 26 heavy (non-hydrogen) atoms. The number of nitrogens with zero attached hydrogens (tertiary/aromatic N) is 2. The number of hydrogen-bond donors (Lipinski definition) is 0. The molecule has 0 radical (unpaired) electrons. The van der Waals surface area contributed by atoms with Crippen LogP contribution in [0, 0.1) is 6.92 Å². The minimum absolute atomic E-state index is 0.458. The van der Waals surface area contributed by atoms with Gasteiger partial charge in [0.05, 0.1) is 7.11 Å². The Balaban J connectivity index is 1.48. The van der Waals surface area contributed by atoms with Crippen LogP contribution in [-0.2, 0) is 16.4 Å². The van der Waals surface area contributed by atoms with Crippen molar-refractivity contribution in [1.29, 1.82) is 0 Å². The lowest BCUT2D eigenvalue weighted by Crippen LogP contribution is -2.48. The zero-order chi connectivity index (χ0) is 18.6. The summed E-state index contributed by atoms with van der Waals surface area (Å²) in [6, 6.07) is 11.7. The van der Waals surface area contributed by atoms with E-state index in [4.69, 9.17) is 4.74 Å². The molecule has 0 atom stereocenters. The number of rotatable bonds is 7. The maximum absolute atomic E-state index is 12.7. The Morgan fingerprint density at radius 2 is 1.81 bits per heavy atom. The lowest BCUT2D eigenvalue weighted by Gasteiger charge is -2.33. The molecule has 0 aliphatic carbocycles. The molecule has 2 heterocycles. The van der Waals surface area contributed by atoms with Crippen molar-refractivity contribution in [3.63, 3.8) is 0 Å². The smallest absolute Gasteiger partial charge is 0.252 e. The molecule has 0 unspecified atom stereocenters. The van der Waals surface area contributed by atoms with Crippen LogP contribution >= 0.6 is 11.3 Å². The van der Waals surface area contributed by atoms with E-state index in [-0.39, 0.29) is 0 Å². The van der Waals surface area contributed by atoms with E-state index >= 15 is 0 Å². The van der Waals surface area contributed by atoms with Crippen molar-refractivity contribution in [2.75, 3.05) is 39.8 Å². The standard InChI is InChI=1S/C19H26N2O3S2/c1-16-9-10-19(25-16)26(22,23)21-14-12-20(13-15-21)11-5-7-17-6-3-4-8-18(17)24-2/h3-4,6,8-10H,5,7,11-15H2,1-2H3. The van der Waals surface area contributed by atoms with Crippen LogP contribution in [0.1, 0.15) is 16.9 Å². The number of hydrogen-bond acceptors (Lipinski definition) is 5. The van der Waals surface area contributed by atoms with Gasteiger partial charge >= 0.3 is 0 Å². The summed E-state index contributed by atoms with van der Waals surface area (Å²) in [5.74, 6) is 0.939. The van der Waals surface area contributed by atoms with E-state index in [1.54, 1.807) is 17.5 Å². The van der Waals surface area contributed by atoms with Gasteiger partial charge in [0.25, 0.3) is 10.0 Å². The van der Waals surface area contributed by atoms with E-state index in [0.717, 1.165) is 43.1 Å². The molecule has 0 bridgehead atoms. The predicted octanol–water partition coefficient (Wildman–Crippen LogP) is 3.00. The minimum atomic E-state index is -3.33. The molecule has 1 aliphatic heterocycles. The Morgan fingerprint density at radius 1 is 1.08 bits per heavy atom. The summed E-state index contributed by atoms with van der Waals surface area (Å²) in [6.45, 7) is 5.61. The van der Waals surface area contributed by atoms with Crippen LogP contribution in [0.4, 0.5) is 0 Å². The Labute approximate surface area is 160 Å². The van der Waals surface area contributed by atoms with E-state index in [9.17, 15) is 8.42 Å². The third-order valence-corrected chi connectivity index (χ3v) is 8.12. The highest BCUT2D eigenvalue weighted by Crippen LogP contribution is 2.25. The van der Waals surface area contributed by atoms with Gasteiger partial charge in [0.15, 0.2) is 0 Å². The summed E-state index contributed by atoms with van der Waals surface area (Å²) >= 11 is 1.35. The average Bonchev–Trinajstić information content (AvgIpc) is 3.10. The average molecular weight is 395 g/mol. The van der Waals surface area contributed by atoms with E-state index in [2.05, 4.69) is 11.0 Å². The number of ether oxygens (including phenoxy) is 1. The van der Waals surface area contributed by atoms with Gasteiger partial charge in [-0.05, 0) is 50.1 Å². The van der Waals surface area contributed by atoms with Crippen molar-refractivity contribution >= 4 is 21.4 Å². The molecule has 7 heteroatoms. The van der Waals surface area contributed by atoms with Crippen molar-refractivity contribution in [3.8, 4) is 5.75 Å². The van der Waals surface area contributed by atoms with Crippen LogP contribution < -0.4 is 4.74 Å². The van der Waals surface area contributed by atoms with Gasteiger partial charge < -0.3 is 9.64 Å². The Morgan fingerprint density at radius 3 is 2.46 bits per heavy atom. The molecule has 1 aromatic heterocycles. The van der Waals surface area contributed by atoms with Crippen molar-refractivity contribution in [3.05, 3.63) is 46.8 Å². The largest absolute Gasteiger partial charge is 0.496 e. The van der Waals surface area contributed by atoms with Crippen molar-refractivity contribution < 1.29 is 13.2 Å². The zero-order valence-corrected chi connectivity index (χ0v) is 17.0. The summed E-state index contributed by atoms with van der Waals surface area (Å²) < 4.78 is 32.8. The van der Waals surface area contributed by atoms with Crippen molar-refractivity contribution in [2.45, 2.75) is 24.0 Å². The van der Waals surface area contributed by atoms with E-state index in [1.165, 1.54) is 16.9 Å². The van der Waals surface area contributed by atoms with E-state index in [1.807, 2.05) is 31.2 Å². The summed E-state index contributed by atoms with van der Waals surface area (Å²) in [4.78, 5) is 3.37. The first kappa shape index (κ1) is 19.4. The Hall–Kier alpha value is -1.41. The molecular weight excluding hydrogens is 368 g/mol. The van der Waals surface area contributed by atoms with Gasteiger partial charge in [-0.2, -0.15) is 4.31 Å². The quantitative estimate of drug-likeness (QED) is 0.724. The summed E-state index contributed by atoms with van der Waals surface area (Å²) in [5.41, 5.74) is 1.23. The minimum Gasteiger partial charge on any atom is -0.496 e. The van der Waals surface area contributed by atoms with Crippen molar-refractivity contribution in [2.24, 2.45) is 0 Å². The Bertz CT molecular complexity index is 825. The summed E-state index contributed by atoms with van der Waals surface area (Å²) in [7, 11) is -1.63. The molecule has 0 N–H and O–H groups in total. The first-order valence-corrected chi connectivity index (χ1v) is 11.2. The molecule has 5 nitrogen and oxygen atoms in total. The van der Waals surface area contributed by atoms with Gasteiger partial charge in [0.1, 0.15) is 9.96 Å². The number of piperazine rings is 1. The van der Waals surface area contributed by atoms with Crippen LogP contribution in [0.3, 0.4) is 0 Å². The van der Waals surface area contributed by atoms with Gasteiger partial charge in [0, 0.05) is 31.1 Å². The van der Waals surface area contributed by atoms with Crippen LogP contribution in [0.5, 0.6) is 5.75 Å². The predicted molar refractivity (Wildman–Crippen MR) is 106 cm³/mol. The van der Waals surface area contributed by atoms with Gasteiger partial charge in [-0.3, -0.25) is 0 Å². The highest BCUT2D eigenvalue weighted by molar-refractivity contribution is 7.91. The third kappa shape index (κ3) is 4.46. The number of thiophene rings is 1. The second-order valence-electron chi connectivity index (χ2n) is 6.53. The molecule has 0 saturated carbocycles. The molecule has 1 fully saturated rings. The van der Waals surface area contributed by atoms with Gasteiger partial charge in [-0.25, -0.2) is 8.42 Å². The molecule has 3 rings (SSSR count). The number of aryl methyl sites for hydroxylation is 2. The number of sulfonamides is 1. The molecular formula is C19H26N2O3S2. The number of methoxy groups -OCH3 is 1. The SMILES string of the molecule is COc1ccccc1CCCN1CCN(S(=O)(=O)c2ccc(C)s2)CC1.